The van der Waals surface area contributed by atoms with Crippen LogP contribution in [-0.4, -0.2) is 28.0 Å². The molecule has 0 aliphatic carbocycles. The molecule has 0 aliphatic rings. The molecule has 3 nitrogen and oxygen atoms in total. The number of hydrogen-bond donors (Lipinski definition) is 1. The van der Waals surface area contributed by atoms with Gasteiger partial charge in [0.15, 0.2) is 0 Å². The van der Waals surface area contributed by atoms with E-state index in [1.807, 2.05) is 0 Å². The number of nitrogens with zero attached hydrogens (tertiary/aromatic N) is 1. The molecule has 0 saturated carbocycles. The highest BCUT2D eigenvalue weighted by atomic mass is 19.4. The summed E-state index contributed by atoms with van der Waals surface area (Å²) < 4.78 is 61.8. The summed E-state index contributed by atoms with van der Waals surface area (Å²) in [5.74, 6) is -9.14. The third kappa shape index (κ3) is 2.90. The van der Waals surface area contributed by atoms with Crippen molar-refractivity contribution in [3.63, 3.8) is 0 Å². The fraction of sp³-hybridized carbons (Fsp3) is 0.143. The molecular formula is C14H8F5NO2. The van der Waals surface area contributed by atoms with Crippen LogP contribution in [0.1, 0.15) is 5.56 Å². The molecule has 0 radical (unpaired) electrons. The minimum atomic E-state index is -6.03. The van der Waals surface area contributed by atoms with Gasteiger partial charge in [0, 0.05) is 23.2 Å². The number of carbonyl (C=O) groups is 1. The van der Waals surface area contributed by atoms with Crippen LogP contribution in [0.5, 0.6) is 0 Å². The largest absolute Gasteiger partial charge is 0.507 e. The second kappa shape index (κ2) is 5.36. The maximum Gasteiger partial charge on any atom is 0.461 e. The topological polar surface area (TPSA) is 50.2 Å². The first kappa shape index (κ1) is 15.9. The normalized spacial score (nSPS) is 13.4. The van der Waals surface area contributed by atoms with Crippen molar-refractivity contribution in [1.29, 1.82) is 0 Å². The number of allylic oxidation sites excluding steroid dienone is 1. The van der Waals surface area contributed by atoms with Crippen molar-refractivity contribution < 1.29 is 31.9 Å². The molecule has 0 amide bonds. The van der Waals surface area contributed by atoms with Crippen molar-refractivity contribution >= 4 is 22.4 Å². The molecule has 8 heteroatoms. The molecule has 0 spiro atoms. The lowest BCUT2D eigenvalue weighted by atomic mass is 10.1. The number of fused-ring (bicyclic) bond motifs is 1. The van der Waals surface area contributed by atoms with E-state index in [0.717, 1.165) is 6.20 Å². The van der Waals surface area contributed by atoms with Gasteiger partial charge in [0.05, 0.1) is 5.52 Å². The number of hydrogen-bond acceptors (Lipinski definition) is 3. The average molecular weight is 317 g/mol. The van der Waals surface area contributed by atoms with E-state index in [9.17, 15) is 31.9 Å². The van der Waals surface area contributed by atoms with E-state index in [2.05, 4.69) is 4.98 Å². The first-order chi connectivity index (χ1) is 10.1. The van der Waals surface area contributed by atoms with Crippen LogP contribution in [-0.2, 0) is 4.79 Å². The van der Waals surface area contributed by atoms with Gasteiger partial charge in [0.25, 0.3) is 0 Å². The van der Waals surface area contributed by atoms with E-state index in [-0.39, 0.29) is 11.6 Å². The number of ketones is 1. The highest BCUT2D eigenvalue weighted by Crippen LogP contribution is 2.36. The Morgan fingerprint density at radius 2 is 1.77 bits per heavy atom. The van der Waals surface area contributed by atoms with Gasteiger partial charge in [-0.15, -0.1) is 0 Å². The van der Waals surface area contributed by atoms with Crippen LogP contribution in [0, 0.1) is 0 Å². The van der Waals surface area contributed by atoms with Crippen molar-refractivity contribution in [2.24, 2.45) is 0 Å². The molecule has 2 rings (SSSR count). The van der Waals surface area contributed by atoms with Gasteiger partial charge in [-0.05, 0) is 12.1 Å². The lowest BCUT2D eigenvalue weighted by Crippen LogP contribution is -2.43. The van der Waals surface area contributed by atoms with Gasteiger partial charge in [-0.1, -0.05) is 18.2 Å². The van der Waals surface area contributed by atoms with Crippen LogP contribution in [0.2, 0.25) is 0 Å². The molecular weight excluding hydrogens is 309 g/mol. The average Bonchev–Trinajstić information content (AvgIpc) is 2.45. The van der Waals surface area contributed by atoms with Gasteiger partial charge < -0.3 is 5.11 Å². The number of alkyl halides is 5. The Balaban J connectivity index is 2.37. The van der Waals surface area contributed by atoms with Crippen molar-refractivity contribution in [1.82, 2.24) is 4.98 Å². The predicted octanol–water partition coefficient (Wildman–Crippen LogP) is 3.90. The smallest absolute Gasteiger partial charge is 0.461 e. The summed E-state index contributed by atoms with van der Waals surface area (Å²) in [7, 11) is 0. The van der Waals surface area contributed by atoms with Crippen molar-refractivity contribution in [3.8, 4) is 0 Å². The zero-order valence-electron chi connectivity index (χ0n) is 10.7. The van der Waals surface area contributed by atoms with Gasteiger partial charge in [-0.25, -0.2) is 0 Å². The molecule has 116 valence electrons. The van der Waals surface area contributed by atoms with E-state index in [1.165, 1.54) is 6.07 Å². The van der Waals surface area contributed by atoms with Crippen LogP contribution in [0.4, 0.5) is 22.0 Å². The molecule has 1 N–H and O–H groups in total. The summed E-state index contributed by atoms with van der Waals surface area (Å²) in [6, 6.07) is 7.90. The molecule has 22 heavy (non-hydrogen) atoms. The van der Waals surface area contributed by atoms with Crippen molar-refractivity contribution in [2.75, 3.05) is 0 Å². The molecule has 0 bridgehead atoms. The van der Waals surface area contributed by atoms with Crippen LogP contribution >= 0.6 is 0 Å². The van der Waals surface area contributed by atoms with E-state index >= 15 is 0 Å². The molecule has 0 aliphatic heterocycles. The predicted molar refractivity (Wildman–Crippen MR) is 68.4 cm³/mol. The Kier molecular flexibility index (Phi) is 3.87. The van der Waals surface area contributed by atoms with E-state index < -0.39 is 23.6 Å². The minimum Gasteiger partial charge on any atom is -0.507 e. The molecule has 1 heterocycles. The third-order valence-corrected chi connectivity index (χ3v) is 2.82. The van der Waals surface area contributed by atoms with Crippen LogP contribution in [0.25, 0.3) is 16.7 Å². The molecule has 0 unspecified atom stereocenters. The standard InChI is InChI=1S/C14H8F5NO2/c15-13(16,14(17,18)19)12(22)6-11(21)9-5-8-3-1-2-4-10(8)20-7-9/h1-7,21H. The highest BCUT2D eigenvalue weighted by molar-refractivity contribution is 6.01. The SMILES string of the molecule is O=C(C=C(O)c1cnc2ccccc2c1)C(F)(F)C(F)(F)F. The van der Waals surface area contributed by atoms with E-state index in [4.69, 9.17) is 0 Å². The maximum atomic E-state index is 12.8. The zero-order chi connectivity index (χ0) is 16.5. The lowest BCUT2D eigenvalue weighted by molar-refractivity contribution is -0.266. The zero-order valence-corrected chi connectivity index (χ0v) is 10.7. The van der Waals surface area contributed by atoms with E-state index in [0.29, 0.717) is 10.9 Å². The lowest BCUT2D eigenvalue weighted by Gasteiger charge is -2.16. The van der Waals surface area contributed by atoms with Crippen molar-refractivity contribution in [3.05, 3.63) is 48.2 Å². The Bertz CT molecular complexity index is 752. The van der Waals surface area contributed by atoms with Gasteiger partial charge in [0.2, 0.25) is 5.78 Å². The Hall–Kier alpha value is -2.51. The number of rotatable bonds is 3. The van der Waals surface area contributed by atoms with Gasteiger partial charge in [-0.3, -0.25) is 9.78 Å². The summed E-state index contributed by atoms with van der Waals surface area (Å²) in [5.41, 5.74) is 0.385. The first-order valence-electron chi connectivity index (χ1n) is 5.88. The molecule has 0 fully saturated rings. The number of carbonyl (C=O) groups excluding carboxylic acids is 1. The minimum absolute atomic E-state index is 0.148. The second-order valence-electron chi connectivity index (χ2n) is 4.38. The van der Waals surface area contributed by atoms with Crippen LogP contribution in [0.15, 0.2) is 42.6 Å². The van der Waals surface area contributed by atoms with Gasteiger partial charge in [0.1, 0.15) is 5.76 Å². The van der Waals surface area contributed by atoms with Crippen LogP contribution < -0.4 is 0 Å². The van der Waals surface area contributed by atoms with Gasteiger partial charge >= 0.3 is 12.1 Å². The highest BCUT2D eigenvalue weighted by Gasteiger charge is 2.62. The Morgan fingerprint density at radius 3 is 2.41 bits per heavy atom. The number of benzene rings is 1. The number of aliphatic hydroxyl groups is 1. The summed E-state index contributed by atoms with van der Waals surface area (Å²) in [6.45, 7) is 0. The monoisotopic (exact) mass is 317 g/mol. The summed E-state index contributed by atoms with van der Waals surface area (Å²) in [5, 5.41) is 10.1. The Labute approximate surface area is 120 Å². The number of para-hydroxylation sites is 1. The molecule has 1 aromatic heterocycles. The third-order valence-electron chi connectivity index (χ3n) is 2.82. The number of pyridine rings is 1. The number of halogens is 5. The van der Waals surface area contributed by atoms with Gasteiger partial charge in [-0.2, -0.15) is 22.0 Å². The second-order valence-corrected chi connectivity index (χ2v) is 4.38. The maximum absolute atomic E-state index is 12.8. The quantitative estimate of drug-likeness (QED) is 0.531. The summed E-state index contributed by atoms with van der Waals surface area (Å²) in [6.07, 6.45) is -5.12. The molecule has 0 saturated heterocycles. The van der Waals surface area contributed by atoms with Crippen molar-refractivity contribution in [2.45, 2.75) is 12.1 Å². The fourth-order valence-corrected chi connectivity index (χ4v) is 1.65. The molecule has 0 atom stereocenters. The summed E-state index contributed by atoms with van der Waals surface area (Å²) >= 11 is 0. The molecule has 1 aromatic carbocycles. The summed E-state index contributed by atoms with van der Waals surface area (Å²) in [4.78, 5) is 14.9. The van der Waals surface area contributed by atoms with E-state index in [1.54, 1.807) is 24.3 Å². The molecule has 2 aromatic rings. The Morgan fingerprint density at radius 1 is 1.14 bits per heavy atom. The number of aromatic nitrogens is 1. The first-order valence-corrected chi connectivity index (χ1v) is 5.88. The fourth-order valence-electron chi connectivity index (χ4n) is 1.65. The number of aliphatic hydroxyl groups excluding tert-OH is 1. The van der Waals surface area contributed by atoms with Crippen LogP contribution in [0.3, 0.4) is 0 Å².